The van der Waals surface area contributed by atoms with Crippen LogP contribution >= 0.6 is 11.8 Å². The lowest BCUT2D eigenvalue weighted by atomic mass is 10.2. The van der Waals surface area contributed by atoms with Gasteiger partial charge in [-0.2, -0.15) is 5.26 Å². The Labute approximate surface area is 155 Å². The van der Waals surface area contributed by atoms with E-state index in [-0.39, 0.29) is 11.8 Å². The Morgan fingerprint density at radius 3 is 2.92 bits per heavy atom. The number of anilines is 1. The van der Waals surface area contributed by atoms with Crippen molar-refractivity contribution in [3.8, 4) is 11.8 Å². The maximum Gasteiger partial charge on any atom is 0.255 e. The zero-order chi connectivity index (χ0) is 18.4. The summed E-state index contributed by atoms with van der Waals surface area (Å²) in [5.41, 5.74) is 1.93. The molecule has 130 valence electrons. The van der Waals surface area contributed by atoms with Crippen molar-refractivity contribution in [3.63, 3.8) is 0 Å². The molecule has 2 aromatic carbocycles. The van der Waals surface area contributed by atoms with Crippen molar-refractivity contribution in [3.05, 3.63) is 60.4 Å². The second kappa shape index (κ2) is 8.27. The fraction of sp³-hybridized carbons (Fsp3) is 0.167. The topological polar surface area (TPSA) is 96.5 Å². The van der Waals surface area contributed by atoms with Crippen LogP contribution in [-0.4, -0.2) is 31.9 Å². The molecule has 7 nitrogen and oxygen atoms in total. The molecular formula is C18H16N6OS. The van der Waals surface area contributed by atoms with Crippen LogP contribution in [0, 0.1) is 17.2 Å². The van der Waals surface area contributed by atoms with E-state index in [1.165, 1.54) is 11.0 Å². The predicted molar refractivity (Wildman–Crippen MR) is 99.1 cm³/mol. The molecule has 1 unspecified atom stereocenters. The van der Waals surface area contributed by atoms with Crippen molar-refractivity contribution in [2.24, 2.45) is 5.92 Å². The standard InChI is InChI=1S/C18H16N6OS/c1-13(10-19)11-26-17-8-3-2-7-16(17)21-18(25)14-5-4-6-15(9-14)24-12-20-22-23-24/h2-9,12-13H,11H2,1H3,(H,21,25). The van der Waals surface area contributed by atoms with Crippen LogP contribution in [0.15, 0.2) is 59.8 Å². The first kappa shape index (κ1) is 17.6. The van der Waals surface area contributed by atoms with E-state index in [0.717, 1.165) is 10.6 Å². The maximum atomic E-state index is 12.6. The average Bonchev–Trinajstić information content (AvgIpc) is 3.22. The van der Waals surface area contributed by atoms with E-state index in [9.17, 15) is 4.79 Å². The number of rotatable bonds is 6. The molecule has 8 heteroatoms. The summed E-state index contributed by atoms with van der Waals surface area (Å²) in [6, 6.07) is 16.8. The lowest BCUT2D eigenvalue weighted by Gasteiger charge is -2.11. The third kappa shape index (κ3) is 4.26. The summed E-state index contributed by atoms with van der Waals surface area (Å²) >= 11 is 1.55. The molecule has 0 radical (unpaired) electrons. The van der Waals surface area contributed by atoms with E-state index in [4.69, 9.17) is 5.26 Å². The number of thioether (sulfide) groups is 1. The molecule has 1 atom stereocenters. The zero-order valence-corrected chi connectivity index (χ0v) is 14.8. The van der Waals surface area contributed by atoms with E-state index in [0.29, 0.717) is 17.0 Å². The van der Waals surface area contributed by atoms with Gasteiger partial charge in [0.05, 0.1) is 23.4 Å². The van der Waals surface area contributed by atoms with Crippen molar-refractivity contribution in [2.45, 2.75) is 11.8 Å². The van der Waals surface area contributed by atoms with Gasteiger partial charge >= 0.3 is 0 Å². The minimum absolute atomic E-state index is 0.0586. The average molecular weight is 364 g/mol. The molecule has 1 heterocycles. The third-order valence-electron chi connectivity index (χ3n) is 3.57. The highest BCUT2D eigenvalue weighted by Gasteiger charge is 2.11. The Hall–Kier alpha value is -3.18. The van der Waals surface area contributed by atoms with Gasteiger partial charge < -0.3 is 5.32 Å². The molecule has 0 spiro atoms. The number of amides is 1. The van der Waals surface area contributed by atoms with E-state index in [1.54, 1.807) is 30.0 Å². The molecule has 1 aromatic heterocycles. The van der Waals surface area contributed by atoms with Crippen molar-refractivity contribution in [2.75, 3.05) is 11.1 Å². The summed E-state index contributed by atoms with van der Waals surface area (Å²) in [6.45, 7) is 1.87. The molecule has 3 aromatic rings. The van der Waals surface area contributed by atoms with Crippen LogP contribution in [0.3, 0.4) is 0 Å². The summed E-state index contributed by atoms with van der Waals surface area (Å²) in [4.78, 5) is 13.6. The molecule has 0 aliphatic rings. The van der Waals surface area contributed by atoms with Crippen molar-refractivity contribution in [1.29, 1.82) is 5.26 Å². The van der Waals surface area contributed by atoms with Crippen LogP contribution in [0.1, 0.15) is 17.3 Å². The molecule has 3 rings (SSSR count). The first-order valence-corrected chi connectivity index (χ1v) is 8.92. The largest absolute Gasteiger partial charge is 0.321 e. The highest BCUT2D eigenvalue weighted by Crippen LogP contribution is 2.29. The number of hydrogen-bond acceptors (Lipinski definition) is 6. The van der Waals surface area contributed by atoms with E-state index in [1.807, 2.05) is 37.3 Å². The first-order valence-electron chi connectivity index (χ1n) is 7.93. The molecule has 1 amide bonds. The molecule has 0 aliphatic carbocycles. The molecule has 26 heavy (non-hydrogen) atoms. The van der Waals surface area contributed by atoms with Gasteiger partial charge in [0.15, 0.2) is 0 Å². The lowest BCUT2D eigenvalue weighted by molar-refractivity contribution is 0.102. The molecule has 0 saturated heterocycles. The normalized spacial score (nSPS) is 11.5. The van der Waals surface area contributed by atoms with Gasteiger partial charge in [0.25, 0.3) is 5.91 Å². The number of carbonyl (C=O) groups is 1. The lowest BCUT2D eigenvalue weighted by Crippen LogP contribution is -2.13. The number of para-hydroxylation sites is 1. The van der Waals surface area contributed by atoms with Gasteiger partial charge in [-0.25, -0.2) is 4.68 Å². The molecule has 0 saturated carbocycles. The monoisotopic (exact) mass is 364 g/mol. The molecule has 0 bridgehead atoms. The Kier molecular flexibility index (Phi) is 5.61. The fourth-order valence-corrected chi connectivity index (χ4v) is 3.17. The smallest absolute Gasteiger partial charge is 0.255 e. The zero-order valence-electron chi connectivity index (χ0n) is 14.0. The van der Waals surface area contributed by atoms with Crippen LogP contribution in [-0.2, 0) is 0 Å². The van der Waals surface area contributed by atoms with Crippen LogP contribution in [0.4, 0.5) is 5.69 Å². The highest BCUT2D eigenvalue weighted by atomic mass is 32.2. The second-order valence-corrected chi connectivity index (χ2v) is 6.66. The maximum absolute atomic E-state index is 12.6. The minimum atomic E-state index is -0.221. The molecular weight excluding hydrogens is 348 g/mol. The number of nitriles is 1. The van der Waals surface area contributed by atoms with Gasteiger partial charge in [-0.05, 0) is 47.7 Å². The number of tetrazole rings is 1. The molecule has 1 N–H and O–H groups in total. The van der Waals surface area contributed by atoms with E-state index in [2.05, 4.69) is 26.9 Å². The van der Waals surface area contributed by atoms with Gasteiger partial charge in [0.2, 0.25) is 0 Å². The van der Waals surface area contributed by atoms with Crippen LogP contribution in [0.25, 0.3) is 5.69 Å². The summed E-state index contributed by atoms with van der Waals surface area (Å²) in [7, 11) is 0. The summed E-state index contributed by atoms with van der Waals surface area (Å²) < 4.78 is 1.49. The van der Waals surface area contributed by atoms with Crippen LogP contribution in [0.2, 0.25) is 0 Å². The van der Waals surface area contributed by atoms with Crippen molar-refractivity contribution < 1.29 is 4.79 Å². The number of aromatic nitrogens is 4. The Balaban J connectivity index is 1.77. The highest BCUT2D eigenvalue weighted by molar-refractivity contribution is 7.99. The molecule has 0 fully saturated rings. The van der Waals surface area contributed by atoms with Crippen molar-refractivity contribution in [1.82, 2.24) is 20.2 Å². The summed E-state index contributed by atoms with van der Waals surface area (Å²) in [5, 5.41) is 22.9. The van der Waals surface area contributed by atoms with E-state index >= 15 is 0 Å². The number of benzene rings is 2. The minimum Gasteiger partial charge on any atom is -0.321 e. The summed E-state index contributed by atoms with van der Waals surface area (Å²) in [6.07, 6.45) is 1.47. The Morgan fingerprint density at radius 2 is 2.15 bits per heavy atom. The summed E-state index contributed by atoms with van der Waals surface area (Å²) in [5.74, 6) is 0.385. The first-order chi connectivity index (χ1) is 12.7. The van der Waals surface area contributed by atoms with Gasteiger partial charge in [0.1, 0.15) is 6.33 Å². The van der Waals surface area contributed by atoms with Crippen LogP contribution < -0.4 is 5.32 Å². The number of nitrogens with zero attached hydrogens (tertiary/aromatic N) is 5. The Morgan fingerprint density at radius 1 is 1.31 bits per heavy atom. The number of hydrogen-bond donors (Lipinski definition) is 1. The van der Waals surface area contributed by atoms with Crippen molar-refractivity contribution >= 4 is 23.4 Å². The number of carbonyl (C=O) groups excluding carboxylic acids is 1. The quantitative estimate of drug-likeness (QED) is 0.675. The number of nitrogens with one attached hydrogen (secondary N) is 1. The van der Waals surface area contributed by atoms with E-state index < -0.39 is 0 Å². The third-order valence-corrected chi connectivity index (χ3v) is 4.90. The SMILES string of the molecule is CC(C#N)CSc1ccccc1NC(=O)c1cccc(-n2cnnn2)c1. The predicted octanol–water partition coefficient (Wildman–Crippen LogP) is 3.17. The van der Waals surface area contributed by atoms with Gasteiger partial charge in [-0.15, -0.1) is 16.9 Å². The van der Waals surface area contributed by atoms with Gasteiger partial charge in [-0.3, -0.25) is 4.79 Å². The fourth-order valence-electron chi connectivity index (χ4n) is 2.21. The molecule has 0 aliphatic heterocycles. The Bertz CT molecular complexity index is 935. The van der Waals surface area contributed by atoms with Crippen LogP contribution in [0.5, 0.6) is 0 Å². The second-order valence-electron chi connectivity index (χ2n) is 5.60. The van der Waals surface area contributed by atoms with Gasteiger partial charge in [0, 0.05) is 16.2 Å². The van der Waals surface area contributed by atoms with Gasteiger partial charge in [-0.1, -0.05) is 18.2 Å².